The zero-order valence-corrected chi connectivity index (χ0v) is 27.4. The van der Waals surface area contributed by atoms with Crippen LogP contribution in [0.4, 0.5) is 0 Å². The standard InChI is InChI=1S/C36H60N8/c1-13-37-17-26-42-22-2-14-38-18-25-41(21-1)29-33-5-7-34(8-6-33)31-43-23-3-15-40-20-28-44(24-4-16-39-19-27-43)32-36-11-9-35(30-42)10-12-36/h5-12,37-40H,1-4,13-32H2. The largest absolute Gasteiger partial charge is 0.315 e. The van der Waals surface area contributed by atoms with Crippen molar-refractivity contribution in [2.45, 2.75) is 51.9 Å². The SMILES string of the molecule is c1cc2ccc1CN1CCCNCCN(CCCNCC1)Cc1ccc(cc1)CN1CCCNCCN(CCCNCC1)C2. The first-order valence-electron chi connectivity index (χ1n) is 17.7. The highest BCUT2D eigenvalue weighted by molar-refractivity contribution is 5.23. The zero-order valence-electron chi connectivity index (χ0n) is 27.4. The van der Waals surface area contributed by atoms with Crippen molar-refractivity contribution in [3.63, 3.8) is 0 Å². The molecule has 4 N–H and O–H groups in total. The van der Waals surface area contributed by atoms with Crippen LogP contribution in [0.1, 0.15) is 47.9 Å². The van der Waals surface area contributed by atoms with E-state index in [2.05, 4.69) is 89.4 Å². The Bertz CT molecular complexity index is 832. The molecule has 4 unspecified atom stereocenters. The van der Waals surface area contributed by atoms with E-state index in [4.69, 9.17) is 0 Å². The molecule has 2 saturated heterocycles. The Morgan fingerprint density at radius 3 is 0.750 bits per heavy atom. The monoisotopic (exact) mass is 604 g/mol. The summed E-state index contributed by atoms with van der Waals surface area (Å²) in [5.74, 6) is 0. The highest BCUT2D eigenvalue weighted by atomic mass is 15.2. The minimum absolute atomic E-state index is 1.03. The third kappa shape index (κ3) is 12.5. The van der Waals surface area contributed by atoms with Crippen LogP contribution in [-0.2, 0) is 26.2 Å². The van der Waals surface area contributed by atoms with Gasteiger partial charge in [-0.05, 0) is 100 Å². The Hall–Kier alpha value is -1.88. The third-order valence-electron chi connectivity index (χ3n) is 9.40. The Balaban J connectivity index is 1.30. The van der Waals surface area contributed by atoms with E-state index in [1.807, 2.05) is 0 Å². The molecule has 14 rings (SSSR count). The molecule has 8 heteroatoms. The second kappa shape index (κ2) is 19.6. The number of rotatable bonds is 0. The highest BCUT2D eigenvalue weighted by Gasteiger charge is 2.13. The molecule has 12 heterocycles. The summed E-state index contributed by atoms with van der Waals surface area (Å²) in [6.45, 7) is 21.7. The minimum atomic E-state index is 1.03. The lowest BCUT2D eigenvalue weighted by Gasteiger charge is -2.27. The van der Waals surface area contributed by atoms with E-state index >= 15 is 0 Å². The van der Waals surface area contributed by atoms with Gasteiger partial charge in [-0.1, -0.05) is 48.5 Å². The van der Waals surface area contributed by atoms with Crippen LogP contribution in [0.25, 0.3) is 0 Å². The van der Waals surface area contributed by atoms with Crippen LogP contribution in [0.3, 0.4) is 0 Å². The van der Waals surface area contributed by atoms with Crippen LogP contribution in [-0.4, -0.2) is 124 Å². The van der Waals surface area contributed by atoms with Crippen LogP contribution < -0.4 is 21.3 Å². The molecule has 0 radical (unpaired) electrons. The molecule has 0 saturated carbocycles. The van der Waals surface area contributed by atoms with Gasteiger partial charge in [-0.25, -0.2) is 0 Å². The summed E-state index contributed by atoms with van der Waals surface area (Å²) in [6.07, 6.45) is 4.76. The van der Waals surface area contributed by atoms with Crippen molar-refractivity contribution >= 4 is 0 Å². The van der Waals surface area contributed by atoms with E-state index in [0.717, 1.165) is 131 Å². The normalized spacial score (nSPS) is 28.2. The van der Waals surface area contributed by atoms with Crippen molar-refractivity contribution in [1.82, 2.24) is 40.9 Å². The molecule has 0 aliphatic carbocycles. The van der Waals surface area contributed by atoms with Gasteiger partial charge in [0, 0.05) is 78.5 Å². The van der Waals surface area contributed by atoms with E-state index in [-0.39, 0.29) is 0 Å². The molecule has 8 nitrogen and oxygen atoms in total. The van der Waals surface area contributed by atoms with Gasteiger partial charge in [-0.15, -0.1) is 0 Å². The van der Waals surface area contributed by atoms with Gasteiger partial charge in [0.1, 0.15) is 0 Å². The average Bonchev–Trinajstić information content (AvgIpc) is 3.03. The molecule has 12 aliphatic heterocycles. The minimum Gasteiger partial charge on any atom is -0.315 e. The lowest BCUT2D eigenvalue weighted by atomic mass is 10.1. The maximum absolute atomic E-state index is 3.75. The van der Waals surface area contributed by atoms with Gasteiger partial charge >= 0.3 is 0 Å². The number of benzene rings is 2. The Kier molecular flexibility index (Phi) is 14.9. The molecular weight excluding hydrogens is 544 g/mol. The first-order valence-corrected chi connectivity index (χ1v) is 17.7. The maximum Gasteiger partial charge on any atom is 0.0234 e. The number of nitrogens with zero attached hydrogens (tertiary/aromatic N) is 4. The zero-order chi connectivity index (χ0) is 30.1. The first kappa shape index (κ1) is 33.5. The maximum atomic E-state index is 3.75. The summed E-state index contributed by atoms with van der Waals surface area (Å²) >= 11 is 0. The second-order valence-corrected chi connectivity index (χ2v) is 13.2. The fourth-order valence-corrected chi connectivity index (χ4v) is 6.77. The summed E-state index contributed by atoms with van der Waals surface area (Å²) in [5.41, 5.74) is 5.72. The van der Waals surface area contributed by atoms with Gasteiger partial charge in [0.05, 0.1) is 0 Å². The van der Waals surface area contributed by atoms with Crippen molar-refractivity contribution in [3.05, 3.63) is 70.8 Å². The molecule has 244 valence electrons. The van der Waals surface area contributed by atoms with Crippen LogP contribution in [0.5, 0.6) is 0 Å². The van der Waals surface area contributed by atoms with E-state index in [9.17, 15) is 0 Å². The quantitative estimate of drug-likeness (QED) is 0.366. The molecule has 0 amide bonds. The van der Waals surface area contributed by atoms with Crippen molar-refractivity contribution in [2.75, 3.05) is 105 Å². The Labute approximate surface area is 267 Å². The molecule has 12 aliphatic rings. The van der Waals surface area contributed by atoms with E-state index < -0.39 is 0 Å². The highest BCUT2D eigenvalue weighted by Crippen LogP contribution is 2.13. The smallest absolute Gasteiger partial charge is 0.0234 e. The van der Waals surface area contributed by atoms with Crippen molar-refractivity contribution in [2.24, 2.45) is 0 Å². The molecular formula is C36H60N8. The van der Waals surface area contributed by atoms with E-state index in [1.165, 1.54) is 47.9 Å². The van der Waals surface area contributed by atoms with Gasteiger partial charge in [0.2, 0.25) is 0 Å². The summed E-state index contributed by atoms with van der Waals surface area (Å²) in [5, 5.41) is 15.0. The van der Waals surface area contributed by atoms with Gasteiger partial charge in [0.25, 0.3) is 0 Å². The number of hydrogen-bond donors (Lipinski definition) is 4. The second-order valence-electron chi connectivity index (χ2n) is 13.2. The number of hydrogen-bond acceptors (Lipinski definition) is 8. The fourth-order valence-electron chi connectivity index (χ4n) is 6.77. The van der Waals surface area contributed by atoms with Crippen LogP contribution in [0.15, 0.2) is 48.5 Å². The molecule has 4 atom stereocenters. The van der Waals surface area contributed by atoms with Gasteiger partial charge < -0.3 is 21.3 Å². The van der Waals surface area contributed by atoms with Gasteiger partial charge in [-0.2, -0.15) is 0 Å². The molecule has 0 aromatic heterocycles. The summed E-state index contributed by atoms with van der Waals surface area (Å²) in [4.78, 5) is 10.6. The van der Waals surface area contributed by atoms with Crippen molar-refractivity contribution in [1.29, 1.82) is 0 Å². The van der Waals surface area contributed by atoms with Crippen LogP contribution in [0.2, 0.25) is 0 Å². The summed E-state index contributed by atoms with van der Waals surface area (Å²) in [7, 11) is 0. The van der Waals surface area contributed by atoms with E-state index in [1.54, 1.807) is 0 Å². The number of nitrogens with one attached hydrogen (secondary N) is 4. The van der Waals surface area contributed by atoms with Crippen LogP contribution in [0, 0.1) is 0 Å². The average molecular weight is 605 g/mol. The fraction of sp³-hybridized carbons (Fsp3) is 0.667. The molecule has 0 spiro atoms. The molecule has 2 aromatic rings. The third-order valence-corrected chi connectivity index (χ3v) is 9.40. The summed E-state index contributed by atoms with van der Waals surface area (Å²) in [6, 6.07) is 19.0. The first-order chi connectivity index (χ1) is 21.8. The summed E-state index contributed by atoms with van der Waals surface area (Å²) < 4.78 is 0. The molecule has 44 heavy (non-hydrogen) atoms. The van der Waals surface area contributed by atoms with Crippen molar-refractivity contribution < 1.29 is 0 Å². The van der Waals surface area contributed by atoms with E-state index in [0.29, 0.717) is 0 Å². The molecule has 8 bridgehead atoms. The van der Waals surface area contributed by atoms with Gasteiger partial charge in [-0.3, -0.25) is 19.6 Å². The lowest BCUT2D eigenvalue weighted by Crippen LogP contribution is -2.38. The lowest BCUT2D eigenvalue weighted by molar-refractivity contribution is 0.239. The predicted octanol–water partition coefficient (Wildman–Crippen LogP) is 2.55. The van der Waals surface area contributed by atoms with Crippen LogP contribution >= 0.6 is 0 Å². The topological polar surface area (TPSA) is 61.1 Å². The van der Waals surface area contributed by atoms with Gasteiger partial charge in [0.15, 0.2) is 0 Å². The Morgan fingerprint density at radius 1 is 0.295 bits per heavy atom. The molecule has 2 aromatic carbocycles. The molecule has 2 fully saturated rings. The van der Waals surface area contributed by atoms with Crippen molar-refractivity contribution in [3.8, 4) is 0 Å². The Morgan fingerprint density at radius 2 is 0.523 bits per heavy atom. The predicted molar refractivity (Wildman–Crippen MR) is 184 cm³/mol.